The van der Waals surface area contributed by atoms with E-state index in [4.69, 9.17) is 10.5 Å². The van der Waals surface area contributed by atoms with Gasteiger partial charge in [-0.25, -0.2) is 0 Å². The molecule has 1 fully saturated rings. The van der Waals surface area contributed by atoms with E-state index in [9.17, 15) is 0 Å². The maximum Gasteiger partial charge on any atom is 0.119 e. The van der Waals surface area contributed by atoms with E-state index in [1.54, 1.807) is 0 Å². The van der Waals surface area contributed by atoms with E-state index >= 15 is 0 Å². The first-order valence-corrected chi connectivity index (χ1v) is 8.54. The number of hydrogen-bond donors (Lipinski definition) is 1. The van der Waals surface area contributed by atoms with Gasteiger partial charge in [-0.2, -0.15) is 0 Å². The Bertz CT molecular complexity index is 411. The highest BCUT2D eigenvalue weighted by Gasteiger charge is 2.16. The third-order valence-electron chi connectivity index (χ3n) is 4.06. The molecule has 1 aromatic rings. The van der Waals surface area contributed by atoms with Gasteiger partial charge in [-0.15, -0.1) is 0 Å². The molecule has 0 radical (unpaired) electrons. The molecule has 0 aromatic heterocycles. The molecule has 124 valence electrons. The summed E-state index contributed by atoms with van der Waals surface area (Å²) in [6.07, 6.45) is 1.11. The number of ether oxygens (including phenoxy) is 1. The lowest BCUT2D eigenvalue weighted by molar-refractivity contribution is 0.126. The zero-order chi connectivity index (χ0) is 15.8. The molecular weight excluding hydrogens is 274 g/mol. The molecular formula is C18H31N3O. The average molecular weight is 305 g/mol. The van der Waals surface area contributed by atoms with Crippen LogP contribution in [0.1, 0.15) is 25.8 Å². The van der Waals surface area contributed by atoms with E-state index in [1.165, 1.54) is 5.56 Å². The molecule has 1 aliphatic rings. The molecule has 0 unspecified atom stereocenters. The van der Waals surface area contributed by atoms with Crippen LogP contribution in [-0.2, 0) is 6.54 Å². The van der Waals surface area contributed by atoms with E-state index < -0.39 is 0 Å². The second-order valence-corrected chi connectivity index (χ2v) is 6.61. The van der Waals surface area contributed by atoms with Crippen molar-refractivity contribution in [1.29, 1.82) is 0 Å². The lowest BCUT2D eigenvalue weighted by Gasteiger charge is -2.34. The standard InChI is InChI=1S/C18H31N3O/c1-16(2)15-22-18-6-4-17(5-7-18)14-21-12-10-20(11-13-21)9-3-8-19/h4-7,16H,3,8-15,19H2,1-2H3. The van der Waals surface area contributed by atoms with Gasteiger partial charge in [0.25, 0.3) is 0 Å². The minimum Gasteiger partial charge on any atom is -0.493 e. The highest BCUT2D eigenvalue weighted by molar-refractivity contribution is 5.27. The summed E-state index contributed by atoms with van der Waals surface area (Å²) in [5.41, 5.74) is 6.95. The van der Waals surface area contributed by atoms with Crippen molar-refractivity contribution in [2.45, 2.75) is 26.8 Å². The second-order valence-electron chi connectivity index (χ2n) is 6.61. The van der Waals surface area contributed by atoms with Gasteiger partial charge in [-0.1, -0.05) is 26.0 Å². The number of benzene rings is 1. The Morgan fingerprint density at radius 2 is 1.68 bits per heavy atom. The molecule has 4 nitrogen and oxygen atoms in total. The van der Waals surface area contributed by atoms with Gasteiger partial charge in [0.15, 0.2) is 0 Å². The molecule has 0 aliphatic carbocycles. The number of rotatable bonds is 8. The van der Waals surface area contributed by atoms with E-state index in [-0.39, 0.29) is 0 Å². The molecule has 0 saturated carbocycles. The van der Waals surface area contributed by atoms with Crippen molar-refractivity contribution in [1.82, 2.24) is 9.80 Å². The fourth-order valence-corrected chi connectivity index (χ4v) is 2.70. The van der Waals surface area contributed by atoms with Gasteiger partial charge in [0, 0.05) is 32.7 Å². The predicted molar refractivity (Wildman–Crippen MR) is 92.2 cm³/mol. The van der Waals surface area contributed by atoms with Crippen LogP contribution in [0.25, 0.3) is 0 Å². The molecule has 1 aromatic carbocycles. The maximum absolute atomic E-state index is 5.73. The zero-order valence-corrected chi connectivity index (χ0v) is 14.1. The third-order valence-corrected chi connectivity index (χ3v) is 4.06. The Labute approximate surface area is 135 Å². The minimum atomic E-state index is 0.565. The monoisotopic (exact) mass is 305 g/mol. The highest BCUT2D eigenvalue weighted by Crippen LogP contribution is 2.15. The van der Waals surface area contributed by atoms with Gasteiger partial charge < -0.3 is 15.4 Å². The van der Waals surface area contributed by atoms with Crippen molar-refractivity contribution in [3.8, 4) is 5.75 Å². The van der Waals surface area contributed by atoms with Crippen molar-refractivity contribution in [3.05, 3.63) is 29.8 Å². The van der Waals surface area contributed by atoms with Gasteiger partial charge in [0.2, 0.25) is 0 Å². The molecule has 0 bridgehead atoms. The molecule has 22 heavy (non-hydrogen) atoms. The first-order chi connectivity index (χ1) is 10.7. The highest BCUT2D eigenvalue weighted by atomic mass is 16.5. The van der Waals surface area contributed by atoms with Crippen LogP contribution in [0.5, 0.6) is 5.75 Å². The Kier molecular flexibility index (Phi) is 7.16. The molecule has 4 heteroatoms. The van der Waals surface area contributed by atoms with Crippen LogP contribution in [0.4, 0.5) is 0 Å². The summed E-state index contributed by atoms with van der Waals surface area (Å²) >= 11 is 0. The van der Waals surface area contributed by atoms with Crippen LogP contribution in [0.3, 0.4) is 0 Å². The SMILES string of the molecule is CC(C)COc1ccc(CN2CCN(CCCN)CC2)cc1. The molecule has 2 N–H and O–H groups in total. The Balaban J connectivity index is 1.73. The second kappa shape index (κ2) is 9.13. The largest absolute Gasteiger partial charge is 0.493 e. The lowest BCUT2D eigenvalue weighted by Crippen LogP contribution is -2.46. The number of nitrogens with zero attached hydrogens (tertiary/aromatic N) is 2. The molecule has 0 atom stereocenters. The molecule has 0 spiro atoms. The number of piperazine rings is 1. The summed E-state index contributed by atoms with van der Waals surface area (Å²) in [5.74, 6) is 1.54. The van der Waals surface area contributed by atoms with Gasteiger partial charge >= 0.3 is 0 Å². The van der Waals surface area contributed by atoms with Crippen LogP contribution in [-0.4, -0.2) is 55.7 Å². The van der Waals surface area contributed by atoms with Crippen LogP contribution in [0.15, 0.2) is 24.3 Å². The molecule has 1 aliphatic heterocycles. The summed E-state index contributed by atoms with van der Waals surface area (Å²) < 4.78 is 5.73. The Morgan fingerprint density at radius 1 is 1.05 bits per heavy atom. The van der Waals surface area contributed by atoms with Gasteiger partial charge in [0.05, 0.1) is 6.61 Å². The Hall–Kier alpha value is -1.10. The topological polar surface area (TPSA) is 41.7 Å². The number of nitrogens with two attached hydrogens (primary N) is 1. The van der Waals surface area contributed by atoms with Crippen molar-refractivity contribution in [2.75, 3.05) is 45.9 Å². The zero-order valence-electron chi connectivity index (χ0n) is 14.1. The van der Waals surface area contributed by atoms with Crippen molar-refractivity contribution in [2.24, 2.45) is 11.7 Å². The lowest BCUT2D eigenvalue weighted by atomic mass is 10.2. The number of hydrogen-bond acceptors (Lipinski definition) is 4. The van der Waals surface area contributed by atoms with Crippen LogP contribution >= 0.6 is 0 Å². The summed E-state index contributed by atoms with van der Waals surface area (Å²) in [6.45, 7) is 12.7. The van der Waals surface area contributed by atoms with Crippen LogP contribution < -0.4 is 10.5 Å². The summed E-state index contributed by atoms with van der Waals surface area (Å²) in [6, 6.07) is 8.57. The minimum absolute atomic E-state index is 0.565. The van der Waals surface area contributed by atoms with Crippen molar-refractivity contribution >= 4 is 0 Å². The first kappa shape index (κ1) is 17.3. The molecule has 0 amide bonds. The smallest absolute Gasteiger partial charge is 0.119 e. The molecule has 2 rings (SSSR count). The van der Waals surface area contributed by atoms with Crippen molar-refractivity contribution in [3.63, 3.8) is 0 Å². The Morgan fingerprint density at radius 3 is 2.27 bits per heavy atom. The average Bonchev–Trinajstić information content (AvgIpc) is 2.53. The normalized spacial score (nSPS) is 17.1. The van der Waals surface area contributed by atoms with E-state index in [0.29, 0.717) is 5.92 Å². The van der Waals surface area contributed by atoms with Crippen LogP contribution in [0.2, 0.25) is 0 Å². The van der Waals surface area contributed by atoms with E-state index in [0.717, 1.165) is 64.6 Å². The third kappa shape index (κ3) is 5.95. The van der Waals surface area contributed by atoms with Gasteiger partial charge in [0.1, 0.15) is 5.75 Å². The quantitative estimate of drug-likeness (QED) is 0.799. The summed E-state index contributed by atoms with van der Waals surface area (Å²) in [5, 5.41) is 0. The maximum atomic E-state index is 5.73. The predicted octanol–water partition coefficient (Wildman–Crippen LogP) is 2.19. The molecule has 1 heterocycles. The van der Waals surface area contributed by atoms with E-state index in [1.807, 2.05) is 0 Å². The van der Waals surface area contributed by atoms with Crippen LogP contribution in [0, 0.1) is 5.92 Å². The van der Waals surface area contributed by atoms with Gasteiger partial charge in [-0.05, 0) is 43.1 Å². The first-order valence-electron chi connectivity index (χ1n) is 8.54. The molecule has 1 saturated heterocycles. The summed E-state index contributed by atoms with van der Waals surface area (Å²) in [4.78, 5) is 5.05. The van der Waals surface area contributed by atoms with E-state index in [2.05, 4.69) is 47.9 Å². The summed E-state index contributed by atoms with van der Waals surface area (Å²) in [7, 11) is 0. The fourth-order valence-electron chi connectivity index (χ4n) is 2.70. The fraction of sp³-hybridized carbons (Fsp3) is 0.667. The van der Waals surface area contributed by atoms with Crippen molar-refractivity contribution < 1.29 is 4.74 Å². The van der Waals surface area contributed by atoms with Gasteiger partial charge in [-0.3, -0.25) is 4.90 Å².